The first-order valence-corrected chi connectivity index (χ1v) is 7.33. The molecule has 96 valence electrons. The maximum absolute atomic E-state index is 13.5. The van der Waals surface area contributed by atoms with Crippen LogP contribution in [0.1, 0.15) is 0 Å². The molecule has 0 aliphatic rings. The number of aromatic amines is 1. The highest BCUT2D eigenvalue weighted by Crippen LogP contribution is 2.23. The van der Waals surface area contributed by atoms with Gasteiger partial charge in [-0.25, -0.2) is 4.39 Å². The lowest BCUT2D eigenvalue weighted by molar-refractivity contribution is 0.628. The first-order valence-electron chi connectivity index (χ1n) is 5.39. The predicted octanol–water partition coefficient (Wildman–Crippen LogP) is 4.41. The number of thioether (sulfide) groups is 1. The molecular weight excluding hydrogens is 291 g/mol. The lowest BCUT2D eigenvalue weighted by atomic mass is 10.3. The highest BCUT2D eigenvalue weighted by Gasteiger charge is 2.08. The van der Waals surface area contributed by atoms with Crippen LogP contribution in [-0.2, 0) is 6.54 Å². The second-order valence-corrected chi connectivity index (χ2v) is 5.67. The Kier molecular flexibility index (Phi) is 4.48. The van der Waals surface area contributed by atoms with Crippen molar-refractivity contribution in [2.24, 2.45) is 0 Å². The third-order valence-corrected chi connectivity index (χ3v) is 4.07. The largest absolute Gasteiger partial charge is 0.331 e. The van der Waals surface area contributed by atoms with E-state index in [1.165, 1.54) is 6.07 Å². The number of H-pyrrole nitrogens is 1. The number of halogens is 2. The zero-order valence-electron chi connectivity index (χ0n) is 9.58. The van der Waals surface area contributed by atoms with Crippen molar-refractivity contribution in [1.29, 1.82) is 0 Å². The van der Waals surface area contributed by atoms with Crippen molar-refractivity contribution in [3.05, 3.63) is 40.4 Å². The Morgan fingerprint density at radius 3 is 3.06 bits per heavy atom. The molecule has 0 saturated carbocycles. The van der Waals surface area contributed by atoms with Gasteiger partial charge in [-0.15, -0.1) is 6.58 Å². The maximum Gasteiger partial charge on any atom is 0.178 e. The topological polar surface area (TPSA) is 20.7 Å². The molecule has 1 aromatic heterocycles. The van der Waals surface area contributed by atoms with E-state index in [1.807, 2.05) is 10.6 Å². The molecule has 2 rings (SSSR count). The highest BCUT2D eigenvalue weighted by molar-refractivity contribution is 7.99. The number of rotatable bonds is 5. The van der Waals surface area contributed by atoms with Crippen LogP contribution in [0.2, 0.25) is 5.02 Å². The Balaban J connectivity index is 2.32. The van der Waals surface area contributed by atoms with E-state index in [1.54, 1.807) is 17.8 Å². The second-order valence-electron chi connectivity index (χ2n) is 3.73. The van der Waals surface area contributed by atoms with Gasteiger partial charge in [0.15, 0.2) is 4.77 Å². The fourth-order valence-corrected chi connectivity index (χ4v) is 2.80. The van der Waals surface area contributed by atoms with Crippen LogP contribution >= 0.6 is 35.6 Å². The van der Waals surface area contributed by atoms with Gasteiger partial charge in [0.1, 0.15) is 5.82 Å². The second kappa shape index (κ2) is 5.91. The summed E-state index contributed by atoms with van der Waals surface area (Å²) in [7, 11) is 0. The summed E-state index contributed by atoms with van der Waals surface area (Å²) < 4.78 is 15.9. The van der Waals surface area contributed by atoms with Gasteiger partial charge in [-0.3, -0.25) is 0 Å². The molecule has 6 heteroatoms. The molecule has 0 fully saturated rings. The van der Waals surface area contributed by atoms with Crippen LogP contribution in [0.5, 0.6) is 0 Å². The average molecular weight is 303 g/mol. The number of aromatic nitrogens is 2. The number of nitrogens with one attached hydrogen (secondary N) is 1. The van der Waals surface area contributed by atoms with Crippen molar-refractivity contribution >= 4 is 46.6 Å². The molecule has 2 nitrogen and oxygen atoms in total. The molecule has 0 spiro atoms. The van der Waals surface area contributed by atoms with Crippen LogP contribution in [0, 0.1) is 10.6 Å². The van der Waals surface area contributed by atoms with E-state index in [-0.39, 0.29) is 5.02 Å². The zero-order valence-corrected chi connectivity index (χ0v) is 12.0. The summed E-state index contributed by atoms with van der Waals surface area (Å²) in [6.07, 6.45) is 1.86. The normalized spacial score (nSPS) is 11.0. The maximum atomic E-state index is 13.5. The molecule has 1 N–H and O–H groups in total. The summed E-state index contributed by atoms with van der Waals surface area (Å²) in [5.41, 5.74) is 1.52. The van der Waals surface area contributed by atoms with E-state index < -0.39 is 5.82 Å². The van der Waals surface area contributed by atoms with Crippen LogP contribution < -0.4 is 0 Å². The molecule has 0 radical (unpaired) electrons. The lowest BCUT2D eigenvalue weighted by Gasteiger charge is -2.04. The summed E-state index contributed by atoms with van der Waals surface area (Å²) in [6.45, 7) is 4.40. The smallest absolute Gasteiger partial charge is 0.178 e. The standard InChI is InChI=1S/C12H12ClFN2S2/c1-2-4-18-5-3-16-11-7-9(14)8(13)6-10(11)15-12(16)17/h2,6-7H,1,3-5H2,(H,15,17). The summed E-state index contributed by atoms with van der Waals surface area (Å²) in [6, 6.07) is 2.98. The van der Waals surface area contributed by atoms with Gasteiger partial charge in [-0.05, 0) is 18.3 Å². The van der Waals surface area contributed by atoms with Gasteiger partial charge in [0, 0.05) is 24.1 Å². The zero-order chi connectivity index (χ0) is 13.1. The van der Waals surface area contributed by atoms with Gasteiger partial charge in [0.25, 0.3) is 0 Å². The number of hydrogen-bond donors (Lipinski definition) is 1. The van der Waals surface area contributed by atoms with Crippen molar-refractivity contribution in [2.75, 3.05) is 11.5 Å². The van der Waals surface area contributed by atoms with Gasteiger partial charge in [-0.1, -0.05) is 17.7 Å². The average Bonchev–Trinajstić information content (AvgIpc) is 2.62. The van der Waals surface area contributed by atoms with Gasteiger partial charge < -0.3 is 9.55 Å². The molecule has 2 aromatic rings. The van der Waals surface area contributed by atoms with E-state index in [9.17, 15) is 4.39 Å². The van der Waals surface area contributed by atoms with Crippen molar-refractivity contribution in [3.8, 4) is 0 Å². The van der Waals surface area contributed by atoms with E-state index >= 15 is 0 Å². The van der Waals surface area contributed by atoms with Crippen LogP contribution in [0.4, 0.5) is 4.39 Å². The van der Waals surface area contributed by atoms with Crippen LogP contribution in [-0.4, -0.2) is 21.1 Å². The third kappa shape index (κ3) is 2.79. The Morgan fingerprint density at radius 1 is 1.56 bits per heavy atom. The van der Waals surface area contributed by atoms with Crippen molar-refractivity contribution in [1.82, 2.24) is 9.55 Å². The fourth-order valence-electron chi connectivity index (χ4n) is 1.70. The van der Waals surface area contributed by atoms with Gasteiger partial charge in [0.2, 0.25) is 0 Å². The summed E-state index contributed by atoms with van der Waals surface area (Å²) in [5, 5.41) is 0.104. The fraction of sp³-hybridized carbons (Fsp3) is 0.250. The molecule has 0 aliphatic heterocycles. The number of nitrogens with zero attached hydrogens (tertiary/aromatic N) is 1. The molecule has 0 atom stereocenters. The first kappa shape index (κ1) is 13.6. The van der Waals surface area contributed by atoms with E-state index in [2.05, 4.69) is 11.6 Å². The monoisotopic (exact) mass is 302 g/mol. The number of benzene rings is 1. The van der Waals surface area contributed by atoms with Crippen LogP contribution in [0.25, 0.3) is 11.0 Å². The van der Waals surface area contributed by atoms with Crippen molar-refractivity contribution < 1.29 is 4.39 Å². The Bertz CT molecular complexity index is 633. The molecule has 1 heterocycles. The van der Waals surface area contributed by atoms with E-state index in [0.29, 0.717) is 4.77 Å². The minimum Gasteiger partial charge on any atom is -0.331 e. The molecule has 0 amide bonds. The number of hydrogen-bond acceptors (Lipinski definition) is 2. The lowest BCUT2D eigenvalue weighted by Crippen LogP contribution is -2.00. The summed E-state index contributed by atoms with van der Waals surface area (Å²) >= 11 is 12.7. The Labute approximate surface area is 119 Å². The molecule has 0 bridgehead atoms. The quantitative estimate of drug-likeness (QED) is 0.502. The van der Waals surface area contributed by atoms with Gasteiger partial charge >= 0.3 is 0 Å². The summed E-state index contributed by atoms with van der Waals surface area (Å²) in [4.78, 5) is 3.03. The van der Waals surface area contributed by atoms with Gasteiger partial charge in [0.05, 0.1) is 16.1 Å². The number of fused-ring (bicyclic) bond motifs is 1. The first-order chi connectivity index (χ1) is 8.63. The van der Waals surface area contributed by atoms with Crippen molar-refractivity contribution in [2.45, 2.75) is 6.54 Å². The highest BCUT2D eigenvalue weighted by atomic mass is 35.5. The minimum absolute atomic E-state index is 0.104. The van der Waals surface area contributed by atoms with Crippen molar-refractivity contribution in [3.63, 3.8) is 0 Å². The van der Waals surface area contributed by atoms with Gasteiger partial charge in [-0.2, -0.15) is 11.8 Å². The number of imidazole rings is 1. The molecule has 0 saturated heterocycles. The molecule has 18 heavy (non-hydrogen) atoms. The molecule has 0 unspecified atom stereocenters. The van der Waals surface area contributed by atoms with Crippen LogP contribution in [0.15, 0.2) is 24.8 Å². The predicted molar refractivity (Wildman–Crippen MR) is 79.6 cm³/mol. The van der Waals surface area contributed by atoms with Crippen LogP contribution in [0.3, 0.4) is 0 Å². The Morgan fingerprint density at radius 2 is 2.33 bits per heavy atom. The Hall–Kier alpha value is -0.780. The van der Waals surface area contributed by atoms with E-state index in [0.717, 1.165) is 29.1 Å². The number of aryl methyl sites for hydroxylation is 1. The summed E-state index contributed by atoms with van der Waals surface area (Å²) in [5.74, 6) is 1.37. The third-order valence-electron chi connectivity index (χ3n) is 2.51. The SMILES string of the molecule is C=CCSCCn1c(=S)[nH]c2cc(Cl)c(F)cc21. The van der Waals surface area contributed by atoms with E-state index in [4.69, 9.17) is 23.8 Å². The minimum atomic E-state index is -0.425. The molecular formula is C12H12ClFN2S2. The molecule has 1 aromatic carbocycles. The molecule has 0 aliphatic carbocycles.